The first kappa shape index (κ1) is 17.9. The molecule has 2 atom stereocenters. The summed E-state index contributed by atoms with van der Waals surface area (Å²) < 4.78 is 43.6. The molecule has 0 aromatic heterocycles. The molecule has 0 saturated carbocycles. The van der Waals surface area contributed by atoms with Crippen LogP contribution < -0.4 is 5.73 Å². The van der Waals surface area contributed by atoms with E-state index in [0.29, 0.717) is 18.7 Å². The molecular weight excluding hydrogens is 281 g/mol. The van der Waals surface area contributed by atoms with E-state index < -0.39 is 11.7 Å². The van der Waals surface area contributed by atoms with Gasteiger partial charge in [0.25, 0.3) is 0 Å². The summed E-state index contributed by atoms with van der Waals surface area (Å²) in [5, 5.41) is 0. The van der Waals surface area contributed by atoms with E-state index in [1.54, 1.807) is 13.2 Å². The summed E-state index contributed by atoms with van der Waals surface area (Å²) in [5.74, 6) is 0. The van der Waals surface area contributed by atoms with Gasteiger partial charge in [-0.25, -0.2) is 0 Å². The van der Waals surface area contributed by atoms with Gasteiger partial charge in [-0.3, -0.25) is 4.90 Å². The van der Waals surface area contributed by atoms with E-state index in [9.17, 15) is 13.2 Å². The van der Waals surface area contributed by atoms with Gasteiger partial charge in [0.1, 0.15) is 0 Å². The van der Waals surface area contributed by atoms with Crippen molar-refractivity contribution in [3.05, 3.63) is 35.4 Å². The molecule has 0 bridgehead atoms. The van der Waals surface area contributed by atoms with Gasteiger partial charge in [-0.2, -0.15) is 13.2 Å². The summed E-state index contributed by atoms with van der Waals surface area (Å²) in [6.07, 6.45) is -4.34. The van der Waals surface area contributed by atoms with Crippen LogP contribution in [0.3, 0.4) is 0 Å². The molecule has 0 fully saturated rings. The smallest absolute Gasteiger partial charge is 0.383 e. The molecule has 0 heterocycles. The Bertz CT molecular complexity index is 437. The number of rotatable bonds is 7. The number of methoxy groups -OCH3 is 1. The molecule has 0 saturated heterocycles. The molecule has 1 rings (SSSR count). The third-order valence-electron chi connectivity index (χ3n) is 3.56. The number of likely N-dealkylation sites (N-methyl/N-ethyl adjacent to an activating group) is 1. The highest BCUT2D eigenvalue weighted by molar-refractivity contribution is 5.28. The third kappa shape index (κ3) is 4.69. The fourth-order valence-electron chi connectivity index (χ4n) is 2.56. The van der Waals surface area contributed by atoms with E-state index in [0.717, 1.165) is 6.07 Å². The van der Waals surface area contributed by atoms with Gasteiger partial charge in [0.05, 0.1) is 12.2 Å². The number of ether oxygens (including phenoxy) is 1. The van der Waals surface area contributed by atoms with Crippen LogP contribution in [0.15, 0.2) is 24.3 Å². The Balaban J connectivity index is 3.08. The Morgan fingerprint density at radius 1 is 1.33 bits per heavy atom. The van der Waals surface area contributed by atoms with Crippen LogP contribution in [0.1, 0.15) is 31.0 Å². The summed E-state index contributed by atoms with van der Waals surface area (Å²) in [4.78, 5) is 2.05. The lowest BCUT2D eigenvalue weighted by atomic mass is 10.0. The number of benzene rings is 1. The van der Waals surface area contributed by atoms with Gasteiger partial charge in [-0.15, -0.1) is 0 Å². The molecule has 0 radical (unpaired) electrons. The maximum absolute atomic E-state index is 12.8. The normalized spacial score (nSPS) is 15.2. The zero-order valence-electron chi connectivity index (χ0n) is 12.7. The zero-order valence-corrected chi connectivity index (χ0v) is 12.7. The van der Waals surface area contributed by atoms with E-state index in [1.165, 1.54) is 12.1 Å². The van der Waals surface area contributed by atoms with E-state index in [2.05, 4.69) is 4.90 Å². The largest absolute Gasteiger partial charge is 0.416 e. The maximum atomic E-state index is 12.8. The molecule has 0 aliphatic carbocycles. The second-order valence-corrected chi connectivity index (χ2v) is 5.01. The number of alkyl halides is 3. The lowest BCUT2D eigenvalue weighted by molar-refractivity contribution is -0.137. The minimum Gasteiger partial charge on any atom is -0.383 e. The second kappa shape index (κ2) is 7.77. The standard InChI is InChI=1S/C15H23F3N2O/c1-4-20(11(2)10-21-3)14(9-19)12-6-5-7-13(8-12)15(16,17)18/h5-8,11,14H,4,9-10,19H2,1-3H3. The molecule has 2 unspecified atom stereocenters. The number of halogens is 3. The Morgan fingerprint density at radius 2 is 2.00 bits per heavy atom. The maximum Gasteiger partial charge on any atom is 0.416 e. The quantitative estimate of drug-likeness (QED) is 0.841. The lowest BCUT2D eigenvalue weighted by Crippen LogP contribution is -2.42. The Hall–Kier alpha value is -1.11. The Labute approximate surface area is 123 Å². The van der Waals surface area contributed by atoms with Crippen molar-refractivity contribution in [2.75, 3.05) is 26.8 Å². The number of nitrogens with two attached hydrogens (primary N) is 1. The van der Waals surface area contributed by atoms with Crippen molar-refractivity contribution in [3.63, 3.8) is 0 Å². The molecule has 120 valence electrons. The van der Waals surface area contributed by atoms with E-state index in [-0.39, 0.29) is 18.6 Å². The van der Waals surface area contributed by atoms with Gasteiger partial charge in [0, 0.05) is 25.7 Å². The van der Waals surface area contributed by atoms with Gasteiger partial charge >= 0.3 is 6.18 Å². The average molecular weight is 304 g/mol. The topological polar surface area (TPSA) is 38.5 Å². The minimum atomic E-state index is -4.34. The molecule has 1 aromatic rings. The van der Waals surface area contributed by atoms with Crippen molar-refractivity contribution in [2.24, 2.45) is 5.73 Å². The second-order valence-electron chi connectivity index (χ2n) is 5.01. The molecule has 0 spiro atoms. The number of nitrogens with zero attached hydrogens (tertiary/aromatic N) is 1. The van der Waals surface area contributed by atoms with Crippen molar-refractivity contribution >= 4 is 0 Å². The molecule has 3 nitrogen and oxygen atoms in total. The zero-order chi connectivity index (χ0) is 16.0. The van der Waals surface area contributed by atoms with Crippen molar-refractivity contribution in [1.82, 2.24) is 4.90 Å². The highest BCUT2D eigenvalue weighted by Crippen LogP contribution is 2.32. The van der Waals surface area contributed by atoms with Crippen molar-refractivity contribution in [3.8, 4) is 0 Å². The van der Waals surface area contributed by atoms with Crippen LogP contribution in [0.2, 0.25) is 0 Å². The number of hydrogen-bond acceptors (Lipinski definition) is 3. The SMILES string of the molecule is CCN(C(C)COC)C(CN)c1cccc(C(F)(F)F)c1. The van der Waals surface area contributed by atoms with Gasteiger partial charge in [0.15, 0.2) is 0 Å². The van der Waals surface area contributed by atoms with Gasteiger partial charge < -0.3 is 10.5 Å². The van der Waals surface area contributed by atoms with Crippen LogP contribution in [-0.4, -0.2) is 37.7 Å². The first-order valence-electron chi connectivity index (χ1n) is 6.97. The summed E-state index contributed by atoms with van der Waals surface area (Å²) in [6.45, 7) is 5.38. The van der Waals surface area contributed by atoms with Crippen molar-refractivity contribution < 1.29 is 17.9 Å². The average Bonchev–Trinajstić information content (AvgIpc) is 2.44. The number of hydrogen-bond donors (Lipinski definition) is 1. The highest BCUT2D eigenvalue weighted by atomic mass is 19.4. The van der Waals surface area contributed by atoms with Crippen LogP contribution >= 0.6 is 0 Å². The van der Waals surface area contributed by atoms with Crippen molar-refractivity contribution in [1.29, 1.82) is 0 Å². The van der Waals surface area contributed by atoms with E-state index in [1.807, 2.05) is 13.8 Å². The Morgan fingerprint density at radius 3 is 2.48 bits per heavy atom. The van der Waals surface area contributed by atoms with Gasteiger partial charge in [-0.05, 0) is 31.2 Å². The van der Waals surface area contributed by atoms with Gasteiger partial charge in [-0.1, -0.05) is 19.1 Å². The Kier molecular flexibility index (Phi) is 6.64. The first-order valence-corrected chi connectivity index (χ1v) is 6.97. The summed E-state index contributed by atoms with van der Waals surface area (Å²) in [6, 6.07) is 5.18. The van der Waals surface area contributed by atoms with Crippen LogP contribution in [-0.2, 0) is 10.9 Å². The summed E-state index contributed by atoms with van der Waals surface area (Å²) in [7, 11) is 1.60. The van der Waals surface area contributed by atoms with E-state index in [4.69, 9.17) is 10.5 Å². The van der Waals surface area contributed by atoms with Crippen LogP contribution in [0, 0.1) is 0 Å². The van der Waals surface area contributed by atoms with Crippen LogP contribution in [0.25, 0.3) is 0 Å². The minimum absolute atomic E-state index is 0.0723. The molecule has 0 amide bonds. The monoisotopic (exact) mass is 304 g/mol. The molecule has 2 N–H and O–H groups in total. The predicted octanol–water partition coefficient (Wildman–Crippen LogP) is 3.06. The molecule has 1 aromatic carbocycles. The van der Waals surface area contributed by atoms with Crippen molar-refractivity contribution in [2.45, 2.75) is 32.1 Å². The molecule has 0 aliphatic rings. The predicted molar refractivity (Wildman–Crippen MR) is 77.0 cm³/mol. The van der Waals surface area contributed by atoms with Crippen LogP contribution in [0.4, 0.5) is 13.2 Å². The highest BCUT2D eigenvalue weighted by Gasteiger charge is 2.31. The molecule has 0 aliphatic heterocycles. The van der Waals surface area contributed by atoms with E-state index >= 15 is 0 Å². The lowest BCUT2D eigenvalue weighted by Gasteiger charge is -2.35. The fourth-order valence-corrected chi connectivity index (χ4v) is 2.56. The van der Waals surface area contributed by atoms with Gasteiger partial charge in [0.2, 0.25) is 0 Å². The molecular formula is C15H23F3N2O. The first-order chi connectivity index (χ1) is 9.85. The summed E-state index contributed by atoms with van der Waals surface area (Å²) >= 11 is 0. The van der Waals surface area contributed by atoms with Crippen LogP contribution in [0.5, 0.6) is 0 Å². The molecule has 21 heavy (non-hydrogen) atoms. The summed E-state index contributed by atoms with van der Waals surface area (Å²) in [5.41, 5.74) is 5.75. The third-order valence-corrected chi connectivity index (χ3v) is 3.56. The molecule has 6 heteroatoms. The fraction of sp³-hybridized carbons (Fsp3) is 0.600.